The number of para-hydroxylation sites is 2. The number of carbonyl (C=O) groups is 1. The number of H-pyrrole nitrogens is 1. The Kier molecular flexibility index (Phi) is 4.33. The van der Waals surface area contributed by atoms with E-state index in [4.69, 9.17) is 4.74 Å². The fourth-order valence-electron chi connectivity index (χ4n) is 2.15. The number of rotatable bonds is 5. The minimum absolute atomic E-state index is 0.273. The summed E-state index contributed by atoms with van der Waals surface area (Å²) in [7, 11) is 0. The van der Waals surface area contributed by atoms with Crippen LogP contribution >= 0.6 is 0 Å². The van der Waals surface area contributed by atoms with Gasteiger partial charge in [0.1, 0.15) is 11.4 Å². The molecule has 2 heterocycles. The lowest BCUT2D eigenvalue weighted by molar-refractivity contribution is 0.102. The molecule has 0 bridgehead atoms. The van der Waals surface area contributed by atoms with Crippen LogP contribution in [-0.2, 0) is 0 Å². The summed E-state index contributed by atoms with van der Waals surface area (Å²) in [5.74, 6) is 0.363. The number of aromatic amines is 1. The molecule has 0 spiro atoms. The third kappa shape index (κ3) is 3.37. The van der Waals surface area contributed by atoms with Gasteiger partial charge in [0.15, 0.2) is 0 Å². The molecule has 6 nitrogen and oxygen atoms in total. The maximum Gasteiger partial charge on any atom is 0.273 e. The average Bonchev–Trinajstić information content (AvgIpc) is 3.08. The molecule has 6 heteroatoms. The van der Waals surface area contributed by atoms with Crippen LogP contribution < -0.4 is 10.1 Å². The van der Waals surface area contributed by atoms with Crippen molar-refractivity contribution < 1.29 is 9.53 Å². The fraction of sp³-hybridized carbons (Fsp3) is 0.118. The van der Waals surface area contributed by atoms with E-state index < -0.39 is 0 Å². The number of hydrogen-bond acceptors (Lipinski definition) is 4. The summed E-state index contributed by atoms with van der Waals surface area (Å²) in [5.41, 5.74) is 2.59. The van der Waals surface area contributed by atoms with Gasteiger partial charge in [0, 0.05) is 18.0 Å². The minimum Gasteiger partial charge on any atom is -0.492 e. The van der Waals surface area contributed by atoms with Gasteiger partial charge in [0.25, 0.3) is 5.91 Å². The first-order valence-corrected chi connectivity index (χ1v) is 7.27. The fourth-order valence-corrected chi connectivity index (χ4v) is 2.15. The van der Waals surface area contributed by atoms with E-state index in [0.717, 1.165) is 5.56 Å². The number of hydrogen-bond donors (Lipinski definition) is 2. The van der Waals surface area contributed by atoms with Crippen LogP contribution in [0.2, 0.25) is 0 Å². The highest BCUT2D eigenvalue weighted by Gasteiger charge is 2.13. The van der Waals surface area contributed by atoms with Crippen LogP contribution in [0.15, 0.2) is 54.9 Å². The molecule has 0 unspecified atom stereocenters. The number of nitrogens with zero attached hydrogens (tertiary/aromatic N) is 2. The van der Waals surface area contributed by atoms with E-state index in [1.165, 1.54) is 0 Å². The highest BCUT2D eigenvalue weighted by molar-refractivity contribution is 6.04. The molecule has 3 rings (SSSR count). The highest BCUT2D eigenvalue weighted by Crippen LogP contribution is 2.24. The van der Waals surface area contributed by atoms with E-state index >= 15 is 0 Å². The highest BCUT2D eigenvalue weighted by atomic mass is 16.5. The molecule has 0 aliphatic rings. The summed E-state index contributed by atoms with van der Waals surface area (Å²) in [6.07, 6.45) is 3.37. The van der Waals surface area contributed by atoms with Crippen molar-refractivity contribution in [2.24, 2.45) is 0 Å². The molecule has 0 aliphatic carbocycles. The molecule has 1 amide bonds. The van der Waals surface area contributed by atoms with Crippen LogP contribution in [0.4, 0.5) is 5.69 Å². The molecule has 3 aromatic rings. The number of aromatic nitrogens is 3. The molecule has 0 radical (unpaired) electrons. The lowest BCUT2D eigenvalue weighted by Gasteiger charge is -2.10. The van der Waals surface area contributed by atoms with E-state index in [-0.39, 0.29) is 5.91 Å². The van der Waals surface area contributed by atoms with E-state index in [1.807, 2.05) is 37.3 Å². The lowest BCUT2D eigenvalue weighted by Crippen LogP contribution is -2.13. The van der Waals surface area contributed by atoms with E-state index in [0.29, 0.717) is 29.4 Å². The minimum atomic E-state index is -0.273. The Balaban J connectivity index is 1.78. The van der Waals surface area contributed by atoms with Crippen LogP contribution in [-0.4, -0.2) is 27.7 Å². The van der Waals surface area contributed by atoms with Crippen molar-refractivity contribution >= 4 is 11.6 Å². The first kappa shape index (κ1) is 14.8. The van der Waals surface area contributed by atoms with Gasteiger partial charge < -0.3 is 10.1 Å². The quantitative estimate of drug-likeness (QED) is 0.759. The first-order chi connectivity index (χ1) is 11.3. The number of benzene rings is 1. The lowest BCUT2D eigenvalue weighted by atomic mass is 10.2. The van der Waals surface area contributed by atoms with Crippen molar-refractivity contribution in [1.82, 2.24) is 15.2 Å². The largest absolute Gasteiger partial charge is 0.492 e. The number of anilines is 1. The number of ether oxygens (including phenoxy) is 1. The van der Waals surface area contributed by atoms with Gasteiger partial charge in [-0.05, 0) is 37.3 Å². The van der Waals surface area contributed by atoms with Gasteiger partial charge in [0.05, 0.1) is 18.0 Å². The Labute approximate surface area is 133 Å². The van der Waals surface area contributed by atoms with Gasteiger partial charge in [0.2, 0.25) is 0 Å². The van der Waals surface area contributed by atoms with Crippen LogP contribution in [0.1, 0.15) is 17.4 Å². The average molecular weight is 308 g/mol. The van der Waals surface area contributed by atoms with Crippen molar-refractivity contribution in [2.45, 2.75) is 6.92 Å². The predicted octanol–water partition coefficient (Wildman–Crippen LogP) is 3.12. The molecule has 0 saturated heterocycles. The van der Waals surface area contributed by atoms with Gasteiger partial charge in [-0.1, -0.05) is 12.1 Å². The zero-order chi connectivity index (χ0) is 16.1. The summed E-state index contributed by atoms with van der Waals surface area (Å²) >= 11 is 0. The molecule has 23 heavy (non-hydrogen) atoms. The van der Waals surface area contributed by atoms with Crippen molar-refractivity contribution in [2.75, 3.05) is 11.9 Å². The second-order valence-corrected chi connectivity index (χ2v) is 4.79. The second-order valence-electron chi connectivity index (χ2n) is 4.79. The van der Waals surface area contributed by atoms with E-state index in [2.05, 4.69) is 20.5 Å². The zero-order valence-electron chi connectivity index (χ0n) is 12.6. The summed E-state index contributed by atoms with van der Waals surface area (Å²) in [6, 6.07) is 12.7. The molecular weight excluding hydrogens is 292 g/mol. The van der Waals surface area contributed by atoms with Gasteiger partial charge in [-0.25, -0.2) is 0 Å². The normalized spacial score (nSPS) is 10.3. The Morgan fingerprint density at radius 3 is 2.78 bits per heavy atom. The Hall–Kier alpha value is -3.15. The third-order valence-electron chi connectivity index (χ3n) is 3.23. The van der Waals surface area contributed by atoms with Gasteiger partial charge in [-0.15, -0.1) is 0 Å². The predicted molar refractivity (Wildman–Crippen MR) is 87.4 cm³/mol. The van der Waals surface area contributed by atoms with Gasteiger partial charge in [-0.2, -0.15) is 5.10 Å². The number of pyridine rings is 1. The summed E-state index contributed by atoms with van der Waals surface area (Å²) in [6.45, 7) is 2.43. The summed E-state index contributed by atoms with van der Waals surface area (Å²) in [5, 5.41) is 9.74. The van der Waals surface area contributed by atoms with Crippen LogP contribution in [0, 0.1) is 0 Å². The maximum absolute atomic E-state index is 12.4. The molecule has 0 fully saturated rings. The van der Waals surface area contributed by atoms with E-state index in [1.54, 1.807) is 24.5 Å². The Bertz CT molecular complexity index is 799. The number of carbonyl (C=O) groups excluding carboxylic acids is 1. The smallest absolute Gasteiger partial charge is 0.273 e. The Morgan fingerprint density at radius 1 is 1.22 bits per heavy atom. The van der Waals surface area contributed by atoms with Gasteiger partial charge in [-0.3, -0.25) is 14.9 Å². The van der Waals surface area contributed by atoms with Crippen molar-refractivity contribution in [1.29, 1.82) is 0 Å². The second kappa shape index (κ2) is 6.74. The van der Waals surface area contributed by atoms with Gasteiger partial charge >= 0.3 is 0 Å². The van der Waals surface area contributed by atoms with E-state index in [9.17, 15) is 4.79 Å². The first-order valence-electron chi connectivity index (χ1n) is 7.27. The molecule has 0 atom stereocenters. The standard InChI is InChI=1S/C17H16N4O2/c1-2-23-16-6-4-3-5-13(16)19-17(22)15-11-14(20-21-15)12-7-9-18-10-8-12/h3-11H,2H2,1H3,(H,19,22)(H,20,21). The molecule has 2 N–H and O–H groups in total. The maximum atomic E-state index is 12.4. The monoisotopic (exact) mass is 308 g/mol. The molecule has 1 aromatic carbocycles. The molecule has 0 saturated carbocycles. The number of nitrogens with one attached hydrogen (secondary N) is 2. The molecule has 116 valence electrons. The van der Waals surface area contributed by atoms with Crippen molar-refractivity contribution in [3.8, 4) is 17.0 Å². The third-order valence-corrected chi connectivity index (χ3v) is 3.23. The summed E-state index contributed by atoms with van der Waals surface area (Å²) in [4.78, 5) is 16.3. The van der Waals surface area contributed by atoms with Crippen LogP contribution in [0.25, 0.3) is 11.3 Å². The zero-order valence-corrected chi connectivity index (χ0v) is 12.6. The van der Waals surface area contributed by atoms with Crippen molar-refractivity contribution in [3.05, 3.63) is 60.6 Å². The molecule has 2 aromatic heterocycles. The SMILES string of the molecule is CCOc1ccccc1NC(=O)c1cc(-c2ccncc2)n[nH]1. The van der Waals surface area contributed by atoms with Crippen molar-refractivity contribution in [3.63, 3.8) is 0 Å². The van der Waals surface area contributed by atoms with Crippen LogP contribution in [0.3, 0.4) is 0 Å². The topological polar surface area (TPSA) is 79.9 Å². The summed E-state index contributed by atoms with van der Waals surface area (Å²) < 4.78 is 5.50. The number of amides is 1. The van der Waals surface area contributed by atoms with Crippen LogP contribution in [0.5, 0.6) is 5.75 Å². The molecular formula is C17H16N4O2. The molecule has 0 aliphatic heterocycles. The Morgan fingerprint density at radius 2 is 2.00 bits per heavy atom.